The Morgan fingerprint density at radius 3 is 2.81 bits per heavy atom. The summed E-state index contributed by atoms with van der Waals surface area (Å²) in [5.41, 5.74) is 0. The summed E-state index contributed by atoms with van der Waals surface area (Å²) in [5, 5.41) is 23.5. The van der Waals surface area contributed by atoms with Gasteiger partial charge in [0, 0.05) is 19.6 Å². The van der Waals surface area contributed by atoms with Crippen molar-refractivity contribution in [2.24, 2.45) is 5.16 Å². The van der Waals surface area contributed by atoms with Crippen LogP contribution >= 0.6 is 0 Å². The molecule has 0 aromatic carbocycles. The van der Waals surface area contributed by atoms with Gasteiger partial charge in [-0.05, 0) is 6.54 Å². The van der Waals surface area contributed by atoms with Crippen LogP contribution in [0.2, 0.25) is 0 Å². The molecule has 7 nitrogen and oxygen atoms in total. The molecule has 16 heavy (non-hydrogen) atoms. The molecule has 0 saturated carbocycles. The van der Waals surface area contributed by atoms with E-state index in [-0.39, 0.29) is 19.8 Å². The average molecular weight is 233 g/mol. The first kappa shape index (κ1) is 14.8. The van der Waals surface area contributed by atoms with Gasteiger partial charge in [0.1, 0.15) is 0 Å². The normalized spacial score (nSPS) is 10.7. The van der Waals surface area contributed by atoms with E-state index in [1.54, 1.807) is 0 Å². The minimum atomic E-state index is -0.642. The highest BCUT2D eigenvalue weighted by atomic mass is 16.7. The zero-order chi connectivity index (χ0) is 12.2. The lowest BCUT2D eigenvalue weighted by Gasteiger charge is -2.19. The molecular weight excluding hydrogens is 214 g/mol. The molecule has 0 bridgehead atoms. The summed E-state index contributed by atoms with van der Waals surface area (Å²) in [4.78, 5) is 17.2. The predicted octanol–water partition coefficient (Wildman–Crippen LogP) is -0.995. The fourth-order valence-electron chi connectivity index (χ4n) is 0.979. The number of oxime groups is 1. The molecule has 0 aliphatic heterocycles. The second-order valence-electron chi connectivity index (χ2n) is 2.89. The first-order valence-electron chi connectivity index (χ1n) is 5.16. The van der Waals surface area contributed by atoms with Crippen molar-refractivity contribution in [2.45, 2.75) is 6.92 Å². The number of nitrogens with zero attached hydrogens (tertiary/aromatic N) is 2. The fourth-order valence-corrected chi connectivity index (χ4v) is 0.979. The smallest absolute Gasteiger partial charge is 0.395 e. The molecule has 0 radical (unpaired) electrons. The van der Waals surface area contributed by atoms with Crippen molar-refractivity contribution < 1.29 is 19.8 Å². The van der Waals surface area contributed by atoms with E-state index in [0.717, 1.165) is 12.8 Å². The summed E-state index contributed by atoms with van der Waals surface area (Å²) >= 11 is 0. The molecule has 3 N–H and O–H groups in total. The van der Waals surface area contributed by atoms with Gasteiger partial charge >= 0.3 is 6.09 Å². The van der Waals surface area contributed by atoms with Gasteiger partial charge in [-0.25, -0.2) is 4.79 Å². The van der Waals surface area contributed by atoms with Crippen molar-refractivity contribution in [3.63, 3.8) is 0 Å². The van der Waals surface area contributed by atoms with Crippen LogP contribution in [0.4, 0.5) is 4.79 Å². The highest BCUT2D eigenvalue weighted by Crippen LogP contribution is 1.93. The highest BCUT2D eigenvalue weighted by Gasteiger charge is 2.13. The van der Waals surface area contributed by atoms with E-state index in [0.29, 0.717) is 13.1 Å². The number of carbonyl (C=O) groups excluding carboxylic acids is 1. The van der Waals surface area contributed by atoms with Crippen molar-refractivity contribution in [1.29, 1.82) is 0 Å². The Kier molecular flexibility index (Phi) is 9.58. The largest absolute Gasteiger partial charge is 0.436 e. The molecule has 94 valence electrons. The van der Waals surface area contributed by atoms with Crippen LogP contribution < -0.4 is 5.32 Å². The Balaban J connectivity index is 3.96. The Morgan fingerprint density at radius 2 is 2.25 bits per heavy atom. The number of carbonyl (C=O) groups is 1. The van der Waals surface area contributed by atoms with Gasteiger partial charge in [-0.3, -0.25) is 4.84 Å². The van der Waals surface area contributed by atoms with E-state index in [1.165, 1.54) is 4.90 Å². The molecule has 0 aromatic rings. The molecule has 0 rings (SSSR count). The zero-order valence-corrected chi connectivity index (χ0v) is 9.43. The Bertz CT molecular complexity index is 211. The lowest BCUT2D eigenvalue weighted by molar-refractivity contribution is 0.0973. The van der Waals surface area contributed by atoms with Crippen LogP contribution in [0.1, 0.15) is 6.92 Å². The quantitative estimate of drug-likeness (QED) is 0.216. The van der Waals surface area contributed by atoms with Crippen LogP contribution in [0.15, 0.2) is 5.16 Å². The third-order valence-electron chi connectivity index (χ3n) is 1.72. The van der Waals surface area contributed by atoms with Crippen LogP contribution in [0.25, 0.3) is 0 Å². The second-order valence-corrected chi connectivity index (χ2v) is 2.89. The van der Waals surface area contributed by atoms with Gasteiger partial charge in [0.25, 0.3) is 0 Å². The molecule has 0 unspecified atom stereocenters. The predicted molar refractivity (Wildman–Crippen MR) is 59.3 cm³/mol. The lowest BCUT2D eigenvalue weighted by Crippen LogP contribution is -2.38. The SMILES string of the molecule is CCNCCN(CCO)C(=O)ON=CCO. The van der Waals surface area contributed by atoms with Gasteiger partial charge in [0.2, 0.25) is 0 Å². The van der Waals surface area contributed by atoms with Gasteiger partial charge in [0.15, 0.2) is 0 Å². The van der Waals surface area contributed by atoms with Gasteiger partial charge in [-0.2, -0.15) is 0 Å². The summed E-state index contributed by atoms with van der Waals surface area (Å²) < 4.78 is 0. The van der Waals surface area contributed by atoms with Crippen LogP contribution in [-0.4, -0.2) is 66.8 Å². The van der Waals surface area contributed by atoms with Crippen molar-refractivity contribution in [3.8, 4) is 0 Å². The van der Waals surface area contributed by atoms with Crippen molar-refractivity contribution in [3.05, 3.63) is 0 Å². The third-order valence-corrected chi connectivity index (χ3v) is 1.72. The highest BCUT2D eigenvalue weighted by molar-refractivity contribution is 5.68. The van der Waals surface area contributed by atoms with Crippen LogP contribution in [0.5, 0.6) is 0 Å². The van der Waals surface area contributed by atoms with E-state index < -0.39 is 6.09 Å². The van der Waals surface area contributed by atoms with Crippen molar-refractivity contribution >= 4 is 12.3 Å². The lowest BCUT2D eigenvalue weighted by atomic mass is 10.5. The van der Waals surface area contributed by atoms with E-state index >= 15 is 0 Å². The van der Waals surface area contributed by atoms with E-state index in [1.807, 2.05) is 6.92 Å². The van der Waals surface area contributed by atoms with Crippen molar-refractivity contribution in [2.75, 3.05) is 39.4 Å². The Labute approximate surface area is 94.7 Å². The van der Waals surface area contributed by atoms with Gasteiger partial charge in [-0.1, -0.05) is 12.1 Å². The molecule has 0 spiro atoms. The first-order chi connectivity index (χ1) is 7.76. The minimum absolute atomic E-state index is 0.134. The summed E-state index contributed by atoms with van der Waals surface area (Å²) in [5.74, 6) is 0. The van der Waals surface area contributed by atoms with Crippen LogP contribution in [-0.2, 0) is 4.84 Å². The van der Waals surface area contributed by atoms with E-state index in [9.17, 15) is 4.79 Å². The standard InChI is InChI=1S/C9H19N3O4/c1-2-10-3-5-12(6-8-14)9(15)16-11-4-7-13/h4,10,13-14H,2-3,5-8H2,1H3. The molecule has 0 aromatic heterocycles. The number of amides is 1. The molecule has 0 fully saturated rings. The zero-order valence-electron chi connectivity index (χ0n) is 9.43. The maximum absolute atomic E-state index is 11.4. The van der Waals surface area contributed by atoms with Gasteiger partial charge in [0.05, 0.1) is 19.4 Å². The second kappa shape index (κ2) is 10.3. The fraction of sp³-hybridized carbons (Fsp3) is 0.778. The number of nitrogens with one attached hydrogen (secondary N) is 1. The molecule has 0 heterocycles. The summed E-state index contributed by atoms with van der Waals surface area (Å²) in [6, 6.07) is 0. The number of aliphatic hydroxyl groups is 2. The topological polar surface area (TPSA) is 94.4 Å². The third kappa shape index (κ3) is 7.16. The Morgan fingerprint density at radius 1 is 1.50 bits per heavy atom. The molecule has 0 saturated heterocycles. The average Bonchev–Trinajstić information content (AvgIpc) is 2.28. The Hall–Kier alpha value is -1.18. The van der Waals surface area contributed by atoms with E-state index in [4.69, 9.17) is 10.2 Å². The molecule has 0 atom stereocenters. The minimum Gasteiger partial charge on any atom is -0.395 e. The number of hydrogen-bond donors (Lipinski definition) is 3. The number of aliphatic hydroxyl groups excluding tert-OH is 2. The number of rotatable bonds is 8. The molecule has 7 heteroatoms. The monoisotopic (exact) mass is 233 g/mol. The maximum Gasteiger partial charge on any atom is 0.436 e. The van der Waals surface area contributed by atoms with Crippen molar-refractivity contribution in [1.82, 2.24) is 10.2 Å². The first-order valence-corrected chi connectivity index (χ1v) is 5.16. The molecular formula is C9H19N3O4. The number of likely N-dealkylation sites (N-methyl/N-ethyl adjacent to an activating group) is 1. The summed E-state index contributed by atoms with van der Waals surface area (Å²) in [6.07, 6.45) is 0.427. The molecule has 1 amide bonds. The summed E-state index contributed by atoms with van der Waals surface area (Å²) in [7, 11) is 0. The maximum atomic E-state index is 11.4. The molecule has 0 aliphatic carbocycles. The van der Waals surface area contributed by atoms with E-state index in [2.05, 4.69) is 15.3 Å². The molecule has 0 aliphatic rings. The number of hydrogen-bond acceptors (Lipinski definition) is 6. The summed E-state index contributed by atoms with van der Waals surface area (Å²) in [6.45, 7) is 3.59. The van der Waals surface area contributed by atoms with Gasteiger partial charge in [-0.15, -0.1) is 0 Å². The van der Waals surface area contributed by atoms with Crippen LogP contribution in [0, 0.1) is 0 Å². The van der Waals surface area contributed by atoms with Gasteiger partial charge < -0.3 is 20.4 Å². The van der Waals surface area contributed by atoms with Crippen LogP contribution in [0.3, 0.4) is 0 Å².